The lowest BCUT2D eigenvalue weighted by Crippen LogP contribution is -2.24. The fourth-order valence-corrected chi connectivity index (χ4v) is 1.49. The standard InChI is InChI=1S/C13H16F3NO2/c1-7-9(13(14,15)16)5-8(6-10(7)17)11(18)19-12(2,3)4/h5-6H,17H2,1-4H3. The maximum atomic E-state index is 12.8. The van der Waals surface area contributed by atoms with Gasteiger partial charge in [-0.25, -0.2) is 4.79 Å². The monoisotopic (exact) mass is 275 g/mol. The molecule has 0 amide bonds. The van der Waals surface area contributed by atoms with Crippen molar-refractivity contribution in [1.82, 2.24) is 0 Å². The van der Waals surface area contributed by atoms with Crippen molar-refractivity contribution >= 4 is 11.7 Å². The molecular formula is C13H16F3NO2. The van der Waals surface area contributed by atoms with Crippen LogP contribution in [0.25, 0.3) is 0 Å². The Labute approximate surface area is 109 Å². The molecule has 6 heteroatoms. The molecule has 0 saturated carbocycles. The SMILES string of the molecule is Cc1c(N)cc(C(=O)OC(C)(C)C)cc1C(F)(F)F. The fraction of sp³-hybridized carbons (Fsp3) is 0.462. The Hall–Kier alpha value is -1.72. The van der Waals surface area contributed by atoms with E-state index in [4.69, 9.17) is 10.5 Å². The lowest BCUT2D eigenvalue weighted by molar-refractivity contribution is -0.138. The highest BCUT2D eigenvalue weighted by molar-refractivity contribution is 5.91. The number of halogens is 3. The van der Waals surface area contributed by atoms with Crippen LogP contribution in [0.15, 0.2) is 12.1 Å². The molecule has 1 aromatic carbocycles. The van der Waals surface area contributed by atoms with Gasteiger partial charge in [0.15, 0.2) is 0 Å². The number of ether oxygens (including phenoxy) is 1. The maximum Gasteiger partial charge on any atom is 0.416 e. The molecule has 3 nitrogen and oxygen atoms in total. The summed E-state index contributed by atoms with van der Waals surface area (Å²) < 4.78 is 43.4. The van der Waals surface area contributed by atoms with E-state index in [9.17, 15) is 18.0 Å². The number of nitrogens with two attached hydrogens (primary N) is 1. The van der Waals surface area contributed by atoms with E-state index in [1.165, 1.54) is 13.0 Å². The Bertz CT molecular complexity index is 502. The number of hydrogen-bond donors (Lipinski definition) is 1. The van der Waals surface area contributed by atoms with Gasteiger partial charge in [0.25, 0.3) is 0 Å². The largest absolute Gasteiger partial charge is 0.456 e. The van der Waals surface area contributed by atoms with Crippen molar-refractivity contribution in [3.63, 3.8) is 0 Å². The number of benzene rings is 1. The van der Waals surface area contributed by atoms with Gasteiger partial charge >= 0.3 is 12.1 Å². The van der Waals surface area contributed by atoms with E-state index in [-0.39, 0.29) is 16.8 Å². The Morgan fingerprint density at radius 1 is 1.21 bits per heavy atom. The first kappa shape index (κ1) is 15.3. The molecule has 0 heterocycles. The Balaban J connectivity index is 3.25. The molecule has 0 aliphatic rings. The van der Waals surface area contributed by atoms with Crippen molar-refractivity contribution in [2.45, 2.75) is 39.5 Å². The normalized spacial score (nSPS) is 12.4. The third-order valence-corrected chi connectivity index (χ3v) is 2.39. The van der Waals surface area contributed by atoms with Crippen LogP contribution in [0.2, 0.25) is 0 Å². The van der Waals surface area contributed by atoms with Gasteiger partial charge < -0.3 is 10.5 Å². The van der Waals surface area contributed by atoms with Crippen LogP contribution in [-0.4, -0.2) is 11.6 Å². The minimum atomic E-state index is -4.56. The number of rotatable bonds is 1. The molecule has 0 saturated heterocycles. The lowest BCUT2D eigenvalue weighted by Gasteiger charge is -2.20. The predicted octanol–water partition coefficient (Wildman–Crippen LogP) is 3.55. The molecule has 2 N–H and O–H groups in total. The molecular weight excluding hydrogens is 259 g/mol. The highest BCUT2D eigenvalue weighted by Gasteiger charge is 2.34. The van der Waals surface area contributed by atoms with Gasteiger partial charge in [0, 0.05) is 5.69 Å². The molecule has 1 rings (SSSR count). The van der Waals surface area contributed by atoms with E-state index in [1.807, 2.05) is 0 Å². The summed E-state index contributed by atoms with van der Waals surface area (Å²) in [5.41, 5.74) is 3.42. The number of anilines is 1. The van der Waals surface area contributed by atoms with Gasteiger partial charge in [0.1, 0.15) is 5.60 Å². The van der Waals surface area contributed by atoms with Crippen LogP contribution >= 0.6 is 0 Å². The molecule has 1 aromatic rings. The molecule has 0 unspecified atom stereocenters. The molecule has 0 atom stereocenters. The van der Waals surface area contributed by atoms with Crippen molar-refractivity contribution in [3.8, 4) is 0 Å². The molecule has 0 aliphatic heterocycles. The second kappa shape index (κ2) is 4.75. The first-order chi connectivity index (χ1) is 8.42. The predicted molar refractivity (Wildman–Crippen MR) is 65.8 cm³/mol. The van der Waals surface area contributed by atoms with Crippen molar-refractivity contribution in [1.29, 1.82) is 0 Å². The first-order valence-corrected chi connectivity index (χ1v) is 5.62. The van der Waals surface area contributed by atoms with Gasteiger partial charge in [-0.05, 0) is 45.4 Å². The lowest BCUT2D eigenvalue weighted by atomic mass is 10.0. The summed E-state index contributed by atoms with van der Waals surface area (Å²) in [7, 11) is 0. The van der Waals surface area contributed by atoms with Crippen molar-refractivity contribution in [3.05, 3.63) is 28.8 Å². The fourth-order valence-electron chi connectivity index (χ4n) is 1.49. The molecule has 0 aliphatic carbocycles. The van der Waals surface area contributed by atoms with Crippen LogP contribution in [0.3, 0.4) is 0 Å². The Morgan fingerprint density at radius 3 is 2.16 bits per heavy atom. The highest BCUT2D eigenvalue weighted by atomic mass is 19.4. The van der Waals surface area contributed by atoms with E-state index >= 15 is 0 Å². The second-order valence-corrected chi connectivity index (χ2v) is 5.24. The zero-order valence-corrected chi connectivity index (χ0v) is 11.2. The summed E-state index contributed by atoms with van der Waals surface area (Å²) in [6, 6.07) is 1.96. The van der Waals surface area contributed by atoms with Gasteiger partial charge in [-0.15, -0.1) is 0 Å². The van der Waals surface area contributed by atoms with Crippen LogP contribution in [0, 0.1) is 6.92 Å². The minimum absolute atomic E-state index is 0.0873. The summed E-state index contributed by atoms with van der Waals surface area (Å²) in [6.45, 7) is 6.16. The molecule has 0 aromatic heterocycles. The van der Waals surface area contributed by atoms with E-state index in [0.717, 1.165) is 6.07 Å². The Kier molecular flexibility index (Phi) is 3.84. The topological polar surface area (TPSA) is 52.3 Å². The van der Waals surface area contributed by atoms with Gasteiger partial charge in [0.2, 0.25) is 0 Å². The summed E-state index contributed by atoms with van der Waals surface area (Å²) in [6.07, 6.45) is -4.56. The maximum absolute atomic E-state index is 12.8. The van der Waals surface area contributed by atoms with Gasteiger partial charge in [-0.3, -0.25) is 0 Å². The molecule has 0 fully saturated rings. The molecule has 106 valence electrons. The molecule has 19 heavy (non-hydrogen) atoms. The number of nitrogen functional groups attached to an aromatic ring is 1. The van der Waals surface area contributed by atoms with Gasteiger partial charge in [0.05, 0.1) is 11.1 Å². The third kappa shape index (κ3) is 3.87. The van der Waals surface area contributed by atoms with Gasteiger partial charge in [-0.2, -0.15) is 13.2 Å². The smallest absolute Gasteiger partial charge is 0.416 e. The summed E-state index contributed by atoms with van der Waals surface area (Å²) in [5, 5.41) is 0. The average Bonchev–Trinajstić information content (AvgIpc) is 2.17. The number of carbonyl (C=O) groups excluding carboxylic acids is 1. The van der Waals surface area contributed by atoms with E-state index in [1.54, 1.807) is 20.8 Å². The minimum Gasteiger partial charge on any atom is -0.456 e. The number of carbonyl (C=O) groups is 1. The Morgan fingerprint density at radius 2 is 1.74 bits per heavy atom. The highest BCUT2D eigenvalue weighted by Crippen LogP contribution is 2.35. The van der Waals surface area contributed by atoms with Crippen molar-refractivity contribution in [2.75, 3.05) is 5.73 Å². The van der Waals surface area contributed by atoms with E-state index in [2.05, 4.69) is 0 Å². The van der Waals surface area contributed by atoms with Crippen LogP contribution in [0.5, 0.6) is 0 Å². The number of alkyl halides is 3. The van der Waals surface area contributed by atoms with Crippen molar-refractivity contribution in [2.24, 2.45) is 0 Å². The van der Waals surface area contributed by atoms with Gasteiger partial charge in [-0.1, -0.05) is 0 Å². The second-order valence-electron chi connectivity index (χ2n) is 5.24. The van der Waals surface area contributed by atoms with Crippen LogP contribution in [0.4, 0.5) is 18.9 Å². The zero-order chi connectivity index (χ0) is 15.0. The quantitative estimate of drug-likeness (QED) is 0.630. The number of esters is 1. The summed E-state index contributed by atoms with van der Waals surface area (Å²) in [4.78, 5) is 11.8. The summed E-state index contributed by atoms with van der Waals surface area (Å²) in [5.74, 6) is -0.829. The van der Waals surface area contributed by atoms with Crippen LogP contribution in [-0.2, 0) is 10.9 Å². The van der Waals surface area contributed by atoms with E-state index < -0.39 is 23.3 Å². The molecule has 0 bridgehead atoms. The van der Waals surface area contributed by atoms with Crippen LogP contribution in [0.1, 0.15) is 42.3 Å². The molecule has 0 spiro atoms. The average molecular weight is 275 g/mol. The third-order valence-electron chi connectivity index (χ3n) is 2.39. The molecule has 0 radical (unpaired) electrons. The van der Waals surface area contributed by atoms with E-state index in [0.29, 0.717) is 0 Å². The number of hydrogen-bond acceptors (Lipinski definition) is 3. The van der Waals surface area contributed by atoms with Crippen LogP contribution < -0.4 is 5.73 Å². The van der Waals surface area contributed by atoms with Crippen molar-refractivity contribution < 1.29 is 22.7 Å². The zero-order valence-electron chi connectivity index (χ0n) is 11.2. The summed E-state index contributed by atoms with van der Waals surface area (Å²) >= 11 is 0. The first-order valence-electron chi connectivity index (χ1n) is 5.62.